The number of fused-ring (bicyclic) bond motifs is 1. The number of amides is 1. The first-order valence-corrected chi connectivity index (χ1v) is 6.08. The van der Waals surface area contributed by atoms with Gasteiger partial charge in [0.1, 0.15) is 11.4 Å². The number of allylic oxidation sites excluding steroid dienone is 2. The van der Waals surface area contributed by atoms with Crippen molar-refractivity contribution in [3.05, 3.63) is 23.6 Å². The summed E-state index contributed by atoms with van der Waals surface area (Å²) in [5.41, 5.74) is 6.31. The molecule has 1 fully saturated rings. The fourth-order valence-electron chi connectivity index (χ4n) is 1.79. The van der Waals surface area contributed by atoms with Gasteiger partial charge in [-0.15, -0.1) is 11.8 Å². The van der Waals surface area contributed by atoms with Gasteiger partial charge in [-0.25, -0.2) is 4.79 Å². The minimum atomic E-state index is -1.43. The van der Waals surface area contributed by atoms with Crippen LogP contribution in [0.4, 0.5) is 4.79 Å². The second-order valence-electron chi connectivity index (χ2n) is 3.63. The van der Waals surface area contributed by atoms with Crippen LogP contribution < -0.4 is 5.73 Å². The Kier molecular flexibility index (Phi) is 3.12. The smallest absolute Gasteiger partial charge is 0.449 e. The van der Waals surface area contributed by atoms with Gasteiger partial charge in [-0.3, -0.25) is 9.69 Å². The molecule has 2 aliphatic heterocycles. The van der Waals surface area contributed by atoms with Crippen LogP contribution in [-0.2, 0) is 9.53 Å². The summed E-state index contributed by atoms with van der Waals surface area (Å²) in [4.78, 5) is 23.5. The van der Waals surface area contributed by atoms with E-state index in [4.69, 9.17) is 15.6 Å². The summed E-state index contributed by atoms with van der Waals surface area (Å²) in [5, 5.41) is 8.46. The maximum atomic E-state index is 11.6. The number of rotatable bonds is 2. The summed E-state index contributed by atoms with van der Waals surface area (Å²) < 4.78 is 4.69. The minimum absolute atomic E-state index is 0.0889. The number of β-lactam (4-membered cyclic amide) rings is 1. The van der Waals surface area contributed by atoms with Gasteiger partial charge in [-0.1, -0.05) is 12.2 Å². The maximum absolute atomic E-state index is 11.6. The van der Waals surface area contributed by atoms with Gasteiger partial charge < -0.3 is 15.6 Å². The highest BCUT2D eigenvalue weighted by atomic mass is 32.2. The molecular weight excluding hydrogens is 244 g/mol. The van der Waals surface area contributed by atoms with Crippen molar-refractivity contribution < 1.29 is 19.4 Å². The number of hydrogen-bond acceptors (Lipinski definition) is 5. The molecule has 6 nitrogen and oxygen atoms in total. The molecule has 2 atom stereocenters. The summed E-state index contributed by atoms with van der Waals surface area (Å²) >= 11 is 1.50. The molecule has 0 spiro atoms. The Bertz CT molecular complexity index is 432. The Morgan fingerprint density at radius 1 is 1.71 bits per heavy atom. The fraction of sp³-hybridized carbons (Fsp3) is 0.400. The van der Waals surface area contributed by atoms with Crippen molar-refractivity contribution in [2.24, 2.45) is 5.73 Å². The minimum Gasteiger partial charge on any atom is -0.449 e. The van der Waals surface area contributed by atoms with E-state index in [1.165, 1.54) is 16.7 Å². The zero-order chi connectivity index (χ0) is 12.6. The van der Waals surface area contributed by atoms with Gasteiger partial charge in [0.05, 0.1) is 0 Å². The number of thioether (sulfide) groups is 1. The van der Waals surface area contributed by atoms with E-state index in [-0.39, 0.29) is 17.2 Å². The Morgan fingerprint density at radius 2 is 2.41 bits per heavy atom. The van der Waals surface area contributed by atoms with Gasteiger partial charge >= 0.3 is 6.16 Å². The molecule has 0 bridgehead atoms. The number of hydrogen-bond donors (Lipinski definition) is 2. The van der Waals surface area contributed by atoms with Crippen LogP contribution in [0.15, 0.2) is 23.6 Å². The van der Waals surface area contributed by atoms with E-state index in [9.17, 15) is 9.59 Å². The molecule has 2 aliphatic rings. The topological polar surface area (TPSA) is 92.9 Å². The number of carboxylic acid groups (broad SMARTS) is 1. The molecule has 2 heterocycles. The van der Waals surface area contributed by atoms with Crippen LogP contribution >= 0.6 is 11.8 Å². The fourth-order valence-corrected chi connectivity index (χ4v) is 3.03. The lowest BCUT2D eigenvalue weighted by atomic mass is 10.1. The van der Waals surface area contributed by atoms with Crippen molar-refractivity contribution in [2.45, 2.75) is 18.3 Å². The molecule has 0 aromatic carbocycles. The Labute approximate surface area is 102 Å². The van der Waals surface area contributed by atoms with Crippen LogP contribution in [0.1, 0.15) is 6.92 Å². The lowest BCUT2D eigenvalue weighted by Crippen LogP contribution is -2.68. The van der Waals surface area contributed by atoms with Crippen molar-refractivity contribution in [3.63, 3.8) is 0 Å². The van der Waals surface area contributed by atoms with Gasteiger partial charge in [-0.2, -0.15) is 0 Å². The van der Waals surface area contributed by atoms with Crippen LogP contribution in [0, 0.1) is 0 Å². The third-order valence-corrected chi connectivity index (χ3v) is 3.86. The van der Waals surface area contributed by atoms with Gasteiger partial charge in [-0.05, 0) is 6.92 Å². The van der Waals surface area contributed by atoms with Crippen molar-refractivity contribution >= 4 is 23.8 Å². The molecule has 3 N–H and O–H groups in total. The SMILES string of the molecule is C/C=C/C1=C(OC(=O)O)N2C(=O)C(N)[C@@H]2SC1. The number of carbonyl (C=O) groups is 2. The predicted octanol–water partition coefficient (Wildman–Crippen LogP) is 0.711. The largest absolute Gasteiger partial charge is 0.512 e. The van der Waals surface area contributed by atoms with Crippen LogP contribution in [0.5, 0.6) is 0 Å². The predicted molar refractivity (Wildman–Crippen MR) is 62.0 cm³/mol. The first-order chi connectivity index (χ1) is 8.06. The van der Waals surface area contributed by atoms with E-state index in [0.717, 1.165) is 0 Å². The highest BCUT2D eigenvalue weighted by molar-refractivity contribution is 8.00. The lowest BCUT2D eigenvalue weighted by molar-refractivity contribution is -0.144. The van der Waals surface area contributed by atoms with Gasteiger partial charge in [0.25, 0.3) is 0 Å². The average molecular weight is 256 g/mol. The van der Waals surface area contributed by atoms with Crippen LogP contribution in [0.2, 0.25) is 0 Å². The van der Waals surface area contributed by atoms with E-state index in [1.807, 2.05) is 6.92 Å². The Morgan fingerprint density at radius 3 is 3.00 bits per heavy atom. The molecule has 1 amide bonds. The highest BCUT2D eigenvalue weighted by Crippen LogP contribution is 2.39. The lowest BCUT2D eigenvalue weighted by Gasteiger charge is -2.47. The summed E-state index contributed by atoms with van der Waals surface area (Å²) in [7, 11) is 0. The average Bonchev–Trinajstić information content (AvgIpc) is 2.29. The molecule has 0 aromatic heterocycles. The van der Waals surface area contributed by atoms with Crippen molar-refractivity contribution in [1.82, 2.24) is 4.90 Å². The molecular formula is C10H12N2O4S. The Balaban J connectivity index is 2.33. The van der Waals surface area contributed by atoms with E-state index >= 15 is 0 Å². The van der Waals surface area contributed by atoms with E-state index in [0.29, 0.717) is 11.3 Å². The first-order valence-electron chi connectivity index (χ1n) is 5.03. The summed E-state index contributed by atoms with van der Waals surface area (Å²) in [6.07, 6.45) is 2.07. The molecule has 7 heteroatoms. The molecule has 1 saturated heterocycles. The quantitative estimate of drug-likeness (QED) is 0.558. The molecule has 2 rings (SSSR count). The normalized spacial score (nSPS) is 28.1. The first kappa shape index (κ1) is 12.0. The number of carbonyl (C=O) groups excluding carboxylic acids is 1. The number of nitrogens with two attached hydrogens (primary N) is 1. The molecule has 0 aliphatic carbocycles. The van der Waals surface area contributed by atoms with Gasteiger partial charge in [0, 0.05) is 11.3 Å². The van der Waals surface area contributed by atoms with E-state index in [2.05, 4.69) is 0 Å². The molecule has 92 valence electrons. The third-order valence-electron chi connectivity index (χ3n) is 2.54. The second-order valence-corrected chi connectivity index (χ2v) is 4.74. The monoisotopic (exact) mass is 256 g/mol. The van der Waals surface area contributed by atoms with E-state index in [1.54, 1.807) is 12.2 Å². The molecule has 0 saturated carbocycles. The zero-order valence-corrected chi connectivity index (χ0v) is 9.94. The second kappa shape index (κ2) is 4.42. The van der Waals surface area contributed by atoms with Crippen molar-refractivity contribution in [2.75, 3.05) is 5.75 Å². The molecule has 1 unspecified atom stereocenters. The molecule has 17 heavy (non-hydrogen) atoms. The number of nitrogens with zero attached hydrogens (tertiary/aromatic N) is 1. The van der Waals surface area contributed by atoms with Crippen LogP contribution in [0.3, 0.4) is 0 Å². The summed E-state index contributed by atoms with van der Waals surface area (Å²) in [6.45, 7) is 1.81. The van der Waals surface area contributed by atoms with Gasteiger partial charge in [0.2, 0.25) is 11.8 Å². The van der Waals surface area contributed by atoms with Crippen LogP contribution in [-0.4, -0.2) is 39.2 Å². The van der Waals surface area contributed by atoms with Crippen molar-refractivity contribution in [1.29, 1.82) is 0 Å². The number of ether oxygens (including phenoxy) is 1. The Hall–Kier alpha value is -1.47. The van der Waals surface area contributed by atoms with Crippen molar-refractivity contribution in [3.8, 4) is 0 Å². The van der Waals surface area contributed by atoms with E-state index < -0.39 is 12.2 Å². The van der Waals surface area contributed by atoms with Crippen LogP contribution in [0.25, 0.3) is 0 Å². The highest BCUT2D eigenvalue weighted by Gasteiger charge is 2.51. The third kappa shape index (κ3) is 1.91. The zero-order valence-electron chi connectivity index (χ0n) is 9.12. The summed E-state index contributed by atoms with van der Waals surface area (Å²) in [6, 6.07) is -0.570. The maximum Gasteiger partial charge on any atom is 0.512 e. The standard InChI is InChI=1S/C10H12N2O4S/c1-2-3-5-4-17-9-6(11)7(13)12(9)8(5)16-10(14)15/h2-3,6,9H,4,11H2,1H3,(H,14,15)/b3-2+/t6?,9-/m0/s1. The van der Waals surface area contributed by atoms with Gasteiger partial charge in [0.15, 0.2) is 0 Å². The molecule has 0 radical (unpaired) electrons. The molecule has 0 aromatic rings. The summed E-state index contributed by atoms with van der Waals surface area (Å²) in [5.74, 6) is 0.362.